The molecule has 7 nitrogen and oxygen atoms in total. The van der Waals surface area contributed by atoms with Crippen molar-refractivity contribution in [2.75, 3.05) is 25.1 Å². The summed E-state index contributed by atoms with van der Waals surface area (Å²) in [6.45, 7) is 1.62. The van der Waals surface area contributed by atoms with Crippen LogP contribution in [0, 0.1) is 0 Å². The summed E-state index contributed by atoms with van der Waals surface area (Å²) in [7, 11) is 1.37. The number of aromatic amines is 1. The van der Waals surface area contributed by atoms with Gasteiger partial charge in [-0.1, -0.05) is 12.1 Å². The molecule has 1 aliphatic heterocycles. The topological polar surface area (TPSA) is 84.0 Å². The van der Waals surface area contributed by atoms with Crippen LogP contribution in [-0.2, 0) is 4.74 Å². The van der Waals surface area contributed by atoms with E-state index in [2.05, 4.69) is 19.9 Å². The third kappa shape index (κ3) is 2.93. The van der Waals surface area contributed by atoms with Crippen molar-refractivity contribution in [2.45, 2.75) is 18.8 Å². The van der Waals surface area contributed by atoms with Crippen LogP contribution in [0.3, 0.4) is 0 Å². The van der Waals surface area contributed by atoms with Gasteiger partial charge in [-0.05, 0) is 25.0 Å². The molecule has 0 aliphatic carbocycles. The molecule has 1 fully saturated rings. The molecule has 0 bridgehead atoms. The summed E-state index contributed by atoms with van der Waals surface area (Å²) < 4.78 is 4.83. The van der Waals surface area contributed by atoms with Crippen molar-refractivity contribution >= 4 is 22.8 Å². The number of nitrogens with zero attached hydrogens (tertiary/aromatic N) is 4. The first-order chi connectivity index (χ1) is 12.3. The maximum atomic E-state index is 11.9. The van der Waals surface area contributed by atoms with E-state index in [9.17, 15) is 4.79 Å². The van der Waals surface area contributed by atoms with Crippen LogP contribution in [-0.4, -0.2) is 46.1 Å². The van der Waals surface area contributed by atoms with Crippen LogP contribution in [0.2, 0.25) is 0 Å². The fraction of sp³-hybridized carbons (Fsp3) is 0.333. The monoisotopic (exact) mass is 337 g/mol. The van der Waals surface area contributed by atoms with Gasteiger partial charge < -0.3 is 14.6 Å². The molecule has 3 heterocycles. The molecule has 0 saturated carbocycles. The van der Waals surface area contributed by atoms with Gasteiger partial charge in [-0.25, -0.2) is 19.7 Å². The number of hydrogen-bond donors (Lipinski definition) is 1. The van der Waals surface area contributed by atoms with Crippen molar-refractivity contribution in [1.82, 2.24) is 19.9 Å². The number of anilines is 1. The zero-order valence-electron chi connectivity index (χ0n) is 14.0. The minimum atomic E-state index is -0.407. The third-order valence-corrected chi connectivity index (χ3v) is 4.69. The molecule has 0 amide bonds. The van der Waals surface area contributed by atoms with Crippen molar-refractivity contribution in [3.63, 3.8) is 0 Å². The van der Waals surface area contributed by atoms with Crippen molar-refractivity contribution < 1.29 is 9.53 Å². The molecular formula is C18H19N5O2. The van der Waals surface area contributed by atoms with E-state index in [0.717, 1.165) is 42.8 Å². The molecule has 1 aromatic carbocycles. The first kappa shape index (κ1) is 15.6. The van der Waals surface area contributed by atoms with Gasteiger partial charge in [-0.3, -0.25) is 0 Å². The molecule has 4 rings (SSSR count). The van der Waals surface area contributed by atoms with E-state index in [4.69, 9.17) is 9.72 Å². The Morgan fingerprint density at radius 2 is 2.08 bits per heavy atom. The summed E-state index contributed by atoms with van der Waals surface area (Å²) in [6, 6.07) is 8.08. The standard InChI is InChI=1S/C18H19N5O2/c1-25-18(24)13-10-19-11-20-17(13)23-8-6-12(7-9-23)16-21-14-4-2-3-5-15(14)22-16/h2-5,10-12H,6-9H2,1H3,(H,21,22). The summed E-state index contributed by atoms with van der Waals surface area (Å²) in [5, 5.41) is 0. The third-order valence-electron chi connectivity index (χ3n) is 4.69. The van der Waals surface area contributed by atoms with Gasteiger partial charge in [0, 0.05) is 25.2 Å². The smallest absolute Gasteiger partial charge is 0.343 e. The average molecular weight is 337 g/mol. The van der Waals surface area contributed by atoms with Crippen LogP contribution in [0.4, 0.5) is 5.82 Å². The Kier molecular flexibility index (Phi) is 4.05. The van der Waals surface area contributed by atoms with Crippen LogP contribution >= 0.6 is 0 Å². The van der Waals surface area contributed by atoms with Gasteiger partial charge in [0.25, 0.3) is 0 Å². The minimum Gasteiger partial charge on any atom is -0.465 e. The first-order valence-corrected chi connectivity index (χ1v) is 8.34. The number of piperidine rings is 1. The van der Waals surface area contributed by atoms with Gasteiger partial charge in [0.05, 0.1) is 18.1 Å². The molecule has 1 N–H and O–H groups in total. The Morgan fingerprint density at radius 1 is 1.28 bits per heavy atom. The predicted octanol–water partition coefficient (Wildman–Crippen LogP) is 2.52. The second-order valence-corrected chi connectivity index (χ2v) is 6.15. The Labute approximate surface area is 145 Å². The van der Waals surface area contributed by atoms with E-state index in [1.54, 1.807) is 0 Å². The van der Waals surface area contributed by atoms with Crippen molar-refractivity contribution in [1.29, 1.82) is 0 Å². The summed E-state index contributed by atoms with van der Waals surface area (Å²) in [6.07, 6.45) is 4.88. The van der Waals surface area contributed by atoms with Gasteiger partial charge in [-0.2, -0.15) is 0 Å². The second kappa shape index (κ2) is 6.51. The lowest BCUT2D eigenvalue weighted by Gasteiger charge is -2.32. The highest BCUT2D eigenvalue weighted by Crippen LogP contribution is 2.30. The van der Waals surface area contributed by atoms with E-state index in [1.807, 2.05) is 24.3 Å². The number of benzene rings is 1. The van der Waals surface area contributed by atoms with E-state index < -0.39 is 5.97 Å². The molecule has 0 unspecified atom stereocenters. The highest BCUT2D eigenvalue weighted by Gasteiger charge is 2.26. The second-order valence-electron chi connectivity index (χ2n) is 6.15. The average Bonchev–Trinajstić information content (AvgIpc) is 3.12. The van der Waals surface area contributed by atoms with Crippen LogP contribution < -0.4 is 4.90 Å². The highest BCUT2D eigenvalue weighted by molar-refractivity contribution is 5.94. The lowest BCUT2D eigenvalue weighted by atomic mass is 9.96. The van der Waals surface area contributed by atoms with E-state index >= 15 is 0 Å². The van der Waals surface area contributed by atoms with Gasteiger partial charge in [0.15, 0.2) is 0 Å². The molecule has 2 aromatic heterocycles. The predicted molar refractivity (Wildman–Crippen MR) is 93.7 cm³/mol. The molecule has 1 aliphatic rings. The fourth-order valence-electron chi connectivity index (χ4n) is 3.36. The SMILES string of the molecule is COC(=O)c1cncnc1N1CCC(c2nc3ccccc3[nH]2)CC1. The van der Waals surface area contributed by atoms with E-state index in [-0.39, 0.29) is 0 Å². The Balaban J connectivity index is 1.51. The largest absolute Gasteiger partial charge is 0.465 e. The quantitative estimate of drug-likeness (QED) is 0.739. The van der Waals surface area contributed by atoms with Crippen molar-refractivity contribution in [3.8, 4) is 0 Å². The van der Waals surface area contributed by atoms with Gasteiger partial charge >= 0.3 is 5.97 Å². The summed E-state index contributed by atoms with van der Waals surface area (Å²) in [5.41, 5.74) is 2.49. The summed E-state index contributed by atoms with van der Waals surface area (Å²) >= 11 is 0. The maximum absolute atomic E-state index is 11.9. The zero-order chi connectivity index (χ0) is 17.2. The number of rotatable bonds is 3. The number of ether oxygens (including phenoxy) is 1. The highest BCUT2D eigenvalue weighted by atomic mass is 16.5. The first-order valence-electron chi connectivity index (χ1n) is 8.34. The lowest BCUT2D eigenvalue weighted by Crippen LogP contribution is -2.35. The number of carbonyl (C=O) groups excluding carboxylic acids is 1. The fourth-order valence-corrected chi connectivity index (χ4v) is 3.36. The van der Waals surface area contributed by atoms with Crippen LogP contribution in [0.1, 0.15) is 34.9 Å². The number of methoxy groups -OCH3 is 1. The lowest BCUT2D eigenvalue weighted by molar-refractivity contribution is 0.0600. The maximum Gasteiger partial charge on any atom is 0.343 e. The Morgan fingerprint density at radius 3 is 2.84 bits per heavy atom. The van der Waals surface area contributed by atoms with E-state index in [1.165, 1.54) is 19.6 Å². The molecule has 7 heteroatoms. The molecule has 0 spiro atoms. The molecule has 1 saturated heterocycles. The molecular weight excluding hydrogens is 318 g/mol. The number of H-pyrrole nitrogens is 1. The Hall–Kier alpha value is -2.96. The van der Waals surface area contributed by atoms with Gasteiger partial charge in [0.2, 0.25) is 0 Å². The van der Waals surface area contributed by atoms with Crippen molar-refractivity contribution in [2.24, 2.45) is 0 Å². The Bertz CT molecular complexity index is 866. The number of fused-ring (bicyclic) bond motifs is 1. The number of imidazole rings is 1. The number of esters is 1. The van der Waals surface area contributed by atoms with Crippen molar-refractivity contribution in [3.05, 3.63) is 48.2 Å². The number of nitrogens with one attached hydrogen (secondary N) is 1. The van der Waals surface area contributed by atoms with Crippen LogP contribution in [0.25, 0.3) is 11.0 Å². The van der Waals surface area contributed by atoms with E-state index in [0.29, 0.717) is 17.3 Å². The van der Waals surface area contributed by atoms with Gasteiger partial charge in [0.1, 0.15) is 23.5 Å². The van der Waals surface area contributed by atoms with Gasteiger partial charge in [-0.15, -0.1) is 0 Å². The number of aromatic nitrogens is 4. The molecule has 0 radical (unpaired) electrons. The normalized spacial score (nSPS) is 15.5. The molecule has 3 aromatic rings. The number of hydrogen-bond acceptors (Lipinski definition) is 6. The number of para-hydroxylation sites is 2. The summed E-state index contributed by atoms with van der Waals surface area (Å²) in [4.78, 5) is 30.4. The molecule has 0 atom stereocenters. The summed E-state index contributed by atoms with van der Waals surface area (Å²) in [5.74, 6) is 1.66. The zero-order valence-corrected chi connectivity index (χ0v) is 14.0. The number of carbonyl (C=O) groups is 1. The molecule has 25 heavy (non-hydrogen) atoms. The minimum absolute atomic E-state index is 0.382. The molecule has 128 valence electrons. The van der Waals surface area contributed by atoms with Crippen LogP contribution in [0.15, 0.2) is 36.8 Å². The van der Waals surface area contributed by atoms with Crippen LogP contribution in [0.5, 0.6) is 0 Å².